The van der Waals surface area contributed by atoms with Gasteiger partial charge in [0.05, 0.1) is 11.6 Å². The first-order chi connectivity index (χ1) is 14.9. The predicted octanol–water partition coefficient (Wildman–Crippen LogP) is 3.94. The quantitative estimate of drug-likeness (QED) is 0.453. The van der Waals surface area contributed by atoms with Crippen LogP contribution in [0, 0.1) is 5.82 Å². The highest BCUT2D eigenvalue weighted by molar-refractivity contribution is 6.30. The maximum atomic E-state index is 13.9. The van der Waals surface area contributed by atoms with Crippen LogP contribution < -0.4 is 16.0 Å². The summed E-state index contributed by atoms with van der Waals surface area (Å²) in [6, 6.07) is 13.6. The standard InChI is InChI=1S/C22H20ClFN4O3/c1-3-11-27-20(29)18-19(26(2)22(27)30)25-21(28(18)13-14-7-5-4-6-8-14)31-15-9-10-16(23)17(24)12-15/h4-10,12H,3,11,13H2,1-2H3. The number of aryl methyl sites for hydroxylation is 1. The number of aromatic nitrogens is 4. The van der Waals surface area contributed by atoms with E-state index in [4.69, 9.17) is 16.3 Å². The lowest BCUT2D eigenvalue weighted by molar-refractivity contribution is 0.418. The van der Waals surface area contributed by atoms with Crippen LogP contribution in [0.25, 0.3) is 11.2 Å². The third-order valence-corrected chi connectivity index (χ3v) is 5.23. The van der Waals surface area contributed by atoms with E-state index < -0.39 is 17.1 Å². The topological polar surface area (TPSA) is 71.1 Å². The first-order valence-corrected chi connectivity index (χ1v) is 10.2. The first kappa shape index (κ1) is 20.9. The molecule has 0 aliphatic heterocycles. The Morgan fingerprint density at radius 2 is 1.84 bits per heavy atom. The van der Waals surface area contributed by atoms with Crippen LogP contribution in [0.15, 0.2) is 58.1 Å². The van der Waals surface area contributed by atoms with Crippen molar-refractivity contribution < 1.29 is 9.13 Å². The number of nitrogens with zero attached hydrogens (tertiary/aromatic N) is 4. The van der Waals surface area contributed by atoms with Gasteiger partial charge in [-0.15, -0.1) is 0 Å². The molecule has 2 aromatic heterocycles. The highest BCUT2D eigenvalue weighted by atomic mass is 35.5. The van der Waals surface area contributed by atoms with Crippen molar-refractivity contribution in [3.05, 3.63) is 85.8 Å². The number of halogens is 2. The monoisotopic (exact) mass is 442 g/mol. The third kappa shape index (κ3) is 3.86. The molecule has 9 heteroatoms. The molecule has 0 aliphatic rings. The molecule has 0 unspecified atom stereocenters. The fraction of sp³-hybridized carbons (Fsp3) is 0.227. The molecule has 0 fully saturated rings. The number of ether oxygens (including phenoxy) is 1. The molecule has 2 aromatic carbocycles. The van der Waals surface area contributed by atoms with Gasteiger partial charge in [0.15, 0.2) is 11.2 Å². The minimum absolute atomic E-state index is 0.0324. The van der Waals surface area contributed by atoms with E-state index in [2.05, 4.69) is 4.98 Å². The number of fused-ring (bicyclic) bond motifs is 1. The zero-order chi connectivity index (χ0) is 22.1. The van der Waals surface area contributed by atoms with Gasteiger partial charge in [-0.2, -0.15) is 4.98 Å². The third-order valence-electron chi connectivity index (χ3n) is 4.93. The fourth-order valence-corrected chi connectivity index (χ4v) is 3.53. The van der Waals surface area contributed by atoms with Crippen LogP contribution in [0.4, 0.5) is 4.39 Å². The minimum Gasteiger partial charge on any atom is -0.425 e. The van der Waals surface area contributed by atoms with Crippen LogP contribution in [-0.2, 0) is 20.1 Å². The van der Waals surface area contributed by atoms with Gasteiger partial charge in [-0.05, 0) is 24.1 Å². The van der Waals surface area contributed by atoms with Gasteiger partial charge in [0.2, 0.25) is 0 Å². The number of hydrogen-bond donors (Lipinski definition) is 0. The number of benzene rings is 2. The van der Waals surface area contributed by atoms with Crippen LogP contribution in [0.1, 0.15) is 18.9 Å². The van der Waals surface area contributed by atoms with E-state index in [-0.39, 0.29) is 41.0 Å². The SMILES string of the molecule is CCCn1c(=O)c2c(nc(Oc3ccc(Cl)c(F)c3)n2Cc2ccccc2)n(C)c1=O. The molecule has 0 radical (unpaired) electrons. The smallest absolute Gasteiger partial charge is 0.332 e. The molecule has 0 saturated carbocycles. The van der Waals surface area contributed by atoms with Gasteiger partial charge in [0, 0.05) is 19.7 Å². The molecule has 7 nitrogen and oxygen atoms in total. The van der Waals surface area contributed by atoms with Crippen molar-refractivity contribution in [3.8, 4) is 11.8 Å². The van der Waals surface area contributed by atoms with E-state index in [0.717, 1.165) is 11.6 Å². The van der Waals surface area contributed by atoms with Crippen molar-refractivity contribution in [1.82, 2.24) is 18.7 Å². The van der Waals surface area contributed by atoms with Gasteiger partial charge in [0.25, 0.3) is 5.56 Å². The summed E-state index contributed by atoms with van der Waals surface area (Å²) >= 11 is 5.76. The molecule has 0 atom stereocenters. The van der Waals surface area contributed by atoms with Gasteiger partial charge in [-0.3, -0.25) is 18.5 Å². The Morgan fingerprint density at radius 3 is 2.52 bits per heavy atom. The Labute approximate surface area is 181 Å². The molecule has 0 bridgehead atoms. The van der Waals surface area contributed by atoms with Crippen molar-refractivity contribution in [2.45, 2.75) is 26.4 Å². The molecule has 2 heterocycles. The second-order valence-corrected chi connectivity index (χ2v) is 7.52. The average molecular weight is 443 g/mol. The van der Waals surface area contributed by atoms with Gasteiger partial charge in [-0.1, -0.05) is 48.9 Å². The highest BCUT2D eigenvalue weighted by Gasteiger charge is 2.22. The van der Waals surface area contributed by atoms with E-state index in [1.54, 1.807) is 11.6 Å². The Morgan fingerprint density at radius 1 is 1.10 bits per heavy atom. The van der Waals surface area contributed by atoms with Crippen molar-refractivity contribution in [3.63, 3.8) is 0 Å². The van der Waals surface area contributed by atoms with Crippen LogP contribution in [0.5, 0.6) is 11.8 Å². The van der Waals surface area contributed by atoms with E-state index in [1.807, 2.05) is 37.3 Å². The lowest BCUT2D eigenvalue weighted by atomic mass is 10.2. The summed E-state index contributed by atoms with van der Waals surface area (Å²) in [4.78, 5) is 30.3. The molecule has 0 amide bonds. The summed E-state index contributed by atoms with van der Waals surface area (Å²) in [5, 5.41) is -0.0324. The largest absolute Gasteiger partial charge is 0.425 e. The number of imidazole rings is 1. The Kier molecular flexibility index (Phi) is 5.65. The molecule has 4 aromatic rings. The number of rotatable bonds is 6. The Hall–Kier alpha value is -3.39. The summed E-state index contributed by atoms with van der Waals surface area (Å²) in [5.41, 5.74) is 0.448. The second kappa shape index (κ2) is 8.39. The first-order valence-electron chi connectivity index (χ1n) is 9.77. The summed E-state index contributed by atoms with van der Waals surface area (Å²) < 4.78 is 23.9. The molecular formula is C22H20ClFN4O3. The summed E-state index contributed by atoms with van der Waals surface area (Å²) in [6.07, 6.45) is 0.626. The van der Waals surface area contributed by atoms with Gasteiger partial charge >= 0.3 is 11.7 Å². The minimum atomic E-state index is -0.636. The summed E-state index contributed by atoms with van der Waals surface area (Å²) in [6.45, 7) is 2.46. The van der Waals surface area contributed by atoms with Crippen LogP contribution in [0.2, 0.25) is 5.02 Å². The summed E-state index contributed by atoms with van der Waals surface area (Å²) in [5.74, 6) is -0.465. The normalized spacial score (nSPS) is 11.2. The van der Waals surface area contributed by atoms with Crippen LogP contribution in [0.3, 0.4) is 0 Å². The van der Waals surface area contributed by atoms with Crippen LogP contribution >= 0.6 is 11.6 Å². The van der Waals surface area contributed by atoms with E-state index in [1.165, 1.54) is 21.3 Å². The second-order valence-electron chi connectivity index (χ2n) is 7.11. The zero-order valence-corrected chi connectivity index (χ0v) is 17.8. The Bertz CT molecular complexity index is 1380. The van der Waals surface area contributed by atoms with E-state index in [9.17, 15) is 14.0 Å². The van der Waals surface area contributed by atoms with Crippen molar-refractivity contribution >= 4 is 22.8 Å². The highest BCUT2D eigenvalue weighted by Crippen LogP contribution is 2.27. The Balaban J connectivity index is 1.95. The molecule has 0 N–H and O–H groups in total. The maximum Gasteiger partial charge on any atom is 0.332 e. The predicted molar refractivity (Wildman–Crippen MR) is 117 cm³/mol. The van der Waals surface area contributed by atoms with E-state index in [0.29, 0.717) is 6.42 Å². The zero-order valence-electron chi connectivity index (χ0n) is 17.0. The number of hydrogen-bond acceptors (Lipinski definition) is 4. The molecule has 0 saturated heterocycles. The van der Waals surface area contributed by atoms with Crippen molar-refractivity contribution in [1.29, 1.82) is 0 Å². The molecular weight excluding hydrogens is 423 g/mol. The van der Waals surface area contributed by atoms with E-state index >= 15 is 0 Å². The van der Waals surface area contributed by atoms with Gasteiger partial charge in [-0.25, -0.2) is 9.18 Å². The molecule has 4 rings (SSSR count). The molecule has 160 valence electrons. The molecule has 31 heavy (non-hydrogen) atoms. The lowest BCUT2D eigenvalue weighted by Gasteiger charge is -2.11. The van der Waals surface area contributed by atoms with Crippen molar-refractivity contribution in [2.24, 2.45) is 7.05 Å². The summed E-state index contributed by atoms with van der Waals surface area (Å²) in [7, 11) is 1.56. The average Bonchev–Trinajstić information content (AvgIpc) is 3.11. The molecule has 0 aliphatic carbocycles. The van der Waals surface area contributed by atoms with Gasteiger partial charge < -0.3 is 4.74 Å². The molecule has 0 spiro atoms. The van der Waals surface area contributed by atoms with Crippen LogP contribution in [-0.4, -0.2) is 18.7 Å². The van der Waals surface area contributed by atoms with Crippen molar-refractivity contribution in [2.75, 3.05) is 0 Å². The fourth-order valence-electron chi connectivity index (χ4n) is 3.41. The maximum absolute atomic E-state index is 13.9. The van der Waals surface area contributed by atoms with Gasteiger partial charge in [0.1, 0.15) is 11.6 Å². The lowest BCUT2D eigenvalue weighted by Crippen LogP contribution is -2.39.